The van der Waals surface area contributed by atoms with Crippen LogP contribution in [-0.4, -0.2) is 11.9 Å². The lowest BCUT2D eigenvalue weighted by Gasteiger charge is -2.15. The van der Waals surface area contributed by atoms with Crippen molar-refractivity contribution in [3.8, 4) is 5.75 Å². The SMILES string of the molecule is CC(=O)Oc1c(C(=O)Nc2ccc(F)cc2)cccc1C(F)(F)F. The van der Waals surface area contributed by atoms with Gasteiger partial charge in [0.15, 0.2) is 5.75 Å². The molecule has 0 atom stereocenters. The summed E-state index contributed by atoms with van der Waals surface area (Å²) in [7, 11) is 0. The molecule has 126 valence electrons. The Balaban J connectivity index is 2.42. The second-order valence-corrected chi connectivity index (χ2v) is 4.73. The molecule has 2 aromatic carbocycles. The molecular formula is C16H11F4NO3. The summed E-state index contributed by atoms with van der Waals surface area (Å²) in [5.74, 6) is -3.34. The number of anilines is 1. The highest BCUT2D eigenvalue weighted by molar-refractivity contribution is 6.06. The first-order chi connectivity index (χ1) is 11.2. The maximum absolute atomic E-state index is 13.0. The first kappa shape index (κ1) is 17.5. The van der Waals surface area contributed by atoms with Gasteiger partial charge >= 0.3 is 12.1 Å². The molecule has 0 aliphatic carbocycles. The molecule has 1 N–H and O–H groups in total. The molecule has 0 fully saturated rings. The number of alkyl halides is 3. The van der Waals surface area contributed by atoms with E-state index in [2.05, 4.69) is 10.1 Å². The highest BCUT2D eigenvalue weighted by Gasteiger charge is 2.36. The van der Waals surface area contributed by atoms with Gasteiger partial charge in [0.05, 0.1) is 11.1 Å². The van der Waals surface area contributed by atoms with Crippen molar-refractivity contribution in [1.82, 2.24) is 0 Å². The minimum absolute atomic E-state index is 0.174. The maximum atomic E-state index is 13.0. The van der Waals surface area contributed by atoms with Crippen molar-refractivity contribution in [2.75, 3.05) is 5.32 Å². The Bertz CT molecular complexity index is 770. The van der Waals surface area contributed by atoms with Crippen LogP contribution in [0, 0.1) is 5.82 Å². The lowest BCUT2D eigenvalue weighted by Crippen LogP contribution is -2.18. The van der Waals surface area contributed by atoms with Gasteiger partial charge in [-0.15, -0.1) is 0 Å². The third kappa shape index (κ3) is 4.09. The van der Waals surface area contributed by atoms with Crippen molar-refractivity contribution < 1.29 is 31.9 Å². The average molecular weight is 341 g/mol. The van der Waals surface area contributed by atoms with Gasteiger partial charge in [-0.25, -0.2) is 4.39 Å². The van der Waals surface area contributed by atoms with Crippen LogP contribution in [0.5, 0.6) is 5.75 Å². The molecule has 0 saturated heterocycles. The highest BCUT2D eigenvalue weighted by atomic mass is 19.4. The predicted octanol–water partition coefficient (Wildman–Crippen LogP) is 4.02. The topological polar surface area (TPSA) is 55.4 Å². The molecule has 0 aromatic heterocycles. The van der Waals surface area contributed by atoms with E-state index >= 15 is 0 Å². The summed E-state index contributed by atoms with van der Waals surface area (Å²) in [5.41, 5.74) is -1.54. The minimum Gasteiger partial charge on any atom is -0.425 e. The zero-order valence-corrected chi connectivity index (χ0v) is 12.3. The van der Waals surface area contributed by atoms with Crippen molar-refractivity contribution in [2.24, 2.45) is 0 Å². The molecule has 2 aromatic rings. The number of hydrogen-bond donors (Lipinski definition) is 1. The van der Waals surface area contributed by atoms with E-state index in [0.717, 1.165) is 31.2 Å². The molecular weight excluding hydrogens is 330 g/mol. The Hall–Kier alpha value is -2.90. The molecule has 0 bridgehead atoms. The van der Waals surface area contributed by atoms with E-state index in [0.29, 0.717) is 6.07 Å². The van der Waals surface area contributed by atoms with Crippen LogP contribution in [0.25, 0.3) is 0 Å². The number of para-hydroxylation sites is 1. The van der Waals surface area contributed by atoms with E-state index in [4.69, 9.17) is 0 Å². The van der Waals surface area contributed by atoms with Crippen LogP contribution in [0.1, 0.15) is 22.8 Å². The monoisotopic (exact) mass is 341 g/mol. The normalized spacial score (nSPS) is 11.0. The number of nitrogens with one attached hydrogen (secondary N) is 1. The van der Waals surface area contributed by atoms with Gasteiger partial charge < -0.3 is 10.1 Å². The maximum Gasteiger partial charge on any atom is 0.420 e. The molecule has 0 radical (unpaired) electrons. The lowest BCUT2D eigenvalue weighted by atomic mass is 10.1. The molecule has 1 amide bonds. The van der Waals surface area contributed by atoms with Crippen molar-refractivity contribution in [2.45, 2.75) is 13.1 Å². The Labute approximate surface area is 134 Å². The zero-order valence-electron chi connectivity index (χ0n) is 12.3. The second-order valence-electron chi connectivity index (χ2n) is 4.73. The largest absolute Gasteiger partial charge is 0.425 e. The van der Waals surface area contributed by atoms with Crippen LogP contribution < -0.4 is 10.1 Å². The fourth-order valence-corrected chi connectivity index (χ4v) is 1.92. The van der Waals surface area contributed by atoms with Crippen LogP contribution in [0.4, 0.5) is 23.2 Å². The first-order valence-corrected chi connectivity index (χ1v) is 6.64. The van der Waals surface area contributed by atoms with Crippen LogP contribution in [0.15, 0.2) is 42.5 Å². The fourth-order valence-electron chi connectivity index (χ4n) is 1.92. The first-order valence-electron chi connectivity index (χ1n) is 6.64. The summed E-state index contributed by atoms with van der Waals surface area (Å²) < 4.78 is 56.6. The number of halogens is 4. The number of carbonyl (C=O) groups excluding carboxylic acids is 2. The fraction of sp³-hybridized carbons (Fsp3) is 0.125. The van der Waals surface area contributed by atoms with Gasteiger partial charge in [-0.05, 0) is 36.4 Å². The van der Waals surface area contributed by atoms with Crippen LogP contribution >= 0.6 is 0 Å². The summed E-state index contributed by atoms with van der Waals surface area (Å²) in [4.78, 5) is 23.3. The number of esters is 1. The summed E-state index contributed by atoms with van der Waals surface area (Å²) in [5, 5.41) is 2.31. The number of rotatable bonds is 3. The van der Waals surface area contributed by atoms with Gasteiger partial charge in [0.2, 0.25) is 0 Å². The summed E-state index contributed by atoms with van der Waals surface area (Å²) >= 11 is 0. The van der Waals surface area contributed by atoms with Crippen molar-refractivity contribution in [3.63, 3.8) is 0 Å². The van der Waals surface area contributed by atoms with Gasteiger partial charge in [0.25, 0.3) is 5.91 Å². The van der Waals surface area contributed by atoms with E-state index in [1.54, 1.807) is 0 Å². The summed E-state index contributed by atoms with van der Waals surface area (Å²) in [6.07, 6.45) is -4.81. The Morgan fingerprint density at radius 3 is 2.21 bits per heavy atom. The van der Waals surface area contributed by atoms with E-state index in [-0.39, 0.29) is 5.69 Å². The molecule has 0 heterocycles. The van der Waals surface area contributed by atoms with Gasteiger partial charge in [-0.2, -0.15) is 13.2 Å². The highest BCUT2D eigenvalue weighted by Crippen LogP contribution is 2.38. The zero-order chi connectivity index (χ0) is 17.9. The molecule has 4 nitrogen and oxygen atoms in total. The van der Waals surface area contributed by atoms with Gasteiger partial charge in [-0.3, -0.25) is 9.59 Å². The number of hydrogen-bond acceptors (Lipinski definition) is 3. The quantitative estimate of drug-likeness (QED) is 0.521. The minimum atomic E-state index is -4.81. The average Bonchev–Trinajstić information content (AvgIpc) is 2.48. The van der Waals surface area contributed by atoms with Crippen LogP contribution in [0.3, 0.4) is 0 Å². The number of carbonyl (C=O) groups is 2. The van der Waals surface area contributed by atoms with E-state index in [1.165, 1.54) is 12.1 Å². The Morgan fingerprint density at radius 1 is 1.04 bits per heavy atom. The third-order valence-electron chi connectivity index (χ3n) is 2.91. The smallest absolute Gasteiger partial charge is 0.420 e. The molecule has 0 aliphatic rings. The molecule has 0 spiro atoms. The van der Waals surface area contributed by atoms with Crippen LogP contribution in [0.2, 0.25) is 0 Å². The van der Waals surface area contributed by atoms with Crippen molar-refractivity contribution >= 4 is 17.6 Å². The number of benzene rings is 2. The molecule has 2 rings (SSSR count). The molecule has 24 heavy (non-hydrogen) atoms. The lowest BCUT2D eigenvalue weighted by molar-refractivity contribution is -0.141. The van der Waals surface area contributed by atoms with Gasteiger partial charge in [0, 0.05) is 12.6 Å². The summed E-state index contributed by atoms with van der Waals surface area (Å²) in [6, 6.07) is 7.46. The third-order valence-corrected chi connectivity index (χ3v) is 2.91. The van der Waals surface area contributed by atoms with Gasteiger partial charge in [0.1, 0.15) is 5.82 Å². The Kier molecular flexibility index (Phi) is 4.87. The number of amides is 1. The standard InChI is InChI=1S/C16H11F4NO3/c1-9(22)24-14-12(3-2-4-13(14)16(18,19)20)15(23)21-11-7-5-10(17)6-8-11/h2-8H,1H3,(H,21,23). The second kappa shape index (κ2) is 6.69. The van der Waals surface area contributed by atoms with Crippen molar-refractivity contribution in [1.29, 1.82) is 0 Å². The number of ether oxygens (including phenoxy) is 1. The van der Waals surface area contributed by atoms with E-state index in [9.17, 15) is 27.2 Å². The summed E-state index contributed by atoms with van der Waals surface area (Å²) in [6.45, 7) is 0.925. The van der Waals surface area contributed by atoms with Crippen LogP contribution in [-0.2, 0) is 11.0 Å². The molecule has 0 unspecified atom stereocenters. The van der Waals surface area contributed by atoms with Gasteiger partial charge in [-0.1, -0.05) is 6.07 Å². The molecule has 0 saturated carbocycles. The predicted molar refractivity (Wildman–Crippen MR) is 77.1 cm³/mol. The van der Waals surface area contributed by atoms with E-state index in [1.807, 2.05) is 0 Å². The van der Waals surface area contributed by atoms with E-state index < -0.39 is 40.7 Å². The molecule has 0 aliphatic heterocycles. The Morgan fingerprint density at radius 2 is 1.67 bits per heavy atom. The molecule has 8 heteroatoms. The van der Waals surface area contributed by atoms with Crippen molar-refractivity contribution in [3.05, 3.63) is 59.4 Å².